The Bertz CT molecular complexity index is 955. The van der Waals surface area contributed by atoms with Crippen molar-refractivity contribution in [3.8, 4) is 22.1 Å². The molecule has 0 aliphatic heterocycles. The molecule has 0 saturated carbocycles. The number of anilines is 1. The van der Waals surface area contributed by atoms with Crippen LogP contribution in [0.5, 0.6) is 10.9 Å². The van der Waals surface area contributed by atoms with Crippen molar-refractivity contribution < 1.29 is 14.3 Å². The largest absolute Gasteiger partial charge is 0.497 e. The Morgan fingerprint density at radius 2 is 1.88 bits per heavy atom. The Kier molecular flexibility index (Phi) is 5.13. The van der Waals surface area contributed by atoms with E-state index in [-0.39, 0.29) is 5.91 Å². The predicted octanol–water partition coefficient (Wildman–Crippen LogP) is 3.49. The van der Waals surface area contributed by atoms with Crippen LogP contribution in [0.3, 0.4) is 0 Å². The third kappa shape index (κ3) is 3.80. The van der Waals surface area contributed by atoms with E-state index in [1.165, 1.54) is 7.11 Å². The highest BCUT2D eigenvalue weighted by molar-refractivity contribution is 7.17. The first-order valence-electron chi connectivity index (χ1n) is 7.81. The van der Waals surface area contributed by atoms with Gasteiger partial charge in [-0.3, -0.25) is 15.1 Å². The molecule has 2 aromatic heterocycles. The zero-order valence-corrected chi connectivity index (χ0v) is 15.7. The number of hydrogen-bond acceptors (Lipinski definition) is 7. The van der Waals surface area contributed by atoms with Gasteiger partial charge in [0.1, 0.15) is 5.75 Å². The van der Waals surface area contributed by atoms with Crippen molar-refractivity contribution in [2.75, 3.05) is 19.5 Å². The Balaban J connectivity index is 2.00. The first-order chi connectivity index (χ1) is 12.5. The molecule has 3 aromatic rings. The molecule has 0 spiro atoms. The molecule has 0 atom stereocenters. The summed E-state index contributed by atoms with van der Waals surface area (Å²) >= 11 is 1.15. The van der Waals surface area contributed by atoms with Gasteiger partial charge < -0.3 is 9.47 Å². The fourth-order valence-electron chi connectivity index (χ4n) is 2.51. The molecule has 2 heterocycles. The average molecular weight is 370 g/mol. The Hall–Kier alpha value is -3.00. The van der Waals surface area contributed by atoms with E-state index in [0.717, 1.165) is 39.5 Å². The lowest BCUT2D eigenvalue weighted by Crippen LogP contribution is -2.14. The maximum absolute atomic E-state index is 12.8. The molecule has 0 aliphatic carbocycles. The van der Waals surface area contributed by atoms with Crippen molar-refractivity contribution in [1.29, 1.82) is 0 Å². The van der Waals surface area contributed by atoms with Gasteiger partial charge in [-0.2, -0.15) is 0 Å². The molecule has 0 unspecified atom stereocenters. The minimum Gasteiger partial charge on any atom is -0.497 e. The van der Waals surface area contributed by atoms with Crippen LogP contribution < -0.4 is 14.8 Å². The quantitative estimate of drug-likeness (QED) is 0.740. The van der Waals surface area contributed by atoms with Gasteiger partial charge in [0.05, 0.1) is 19.8 Å². The van der Waals surface area contributed by atoms with Gasteiger partial charge in [0.25, 0.3) is 11.1 Å². The number of amides is 1. The molecule has 1 amide bonds. The van der Waals surface area contributed by atoms with E-state index >= 15 is 0 Å². The number of rotatable bonds is 5. The number of nitrogens with one attached hydrogen (secondary N) is 1. The second-order valence-electron chi connectivity index (χ2n) is 5.64. The average Bonchev–Trinajstić information content (AvgIpc) is 3.08. The molecule has 0 aliphatic rings. The lowest BCUT2D eigenvalue weighted by atomic mass is 9.98. The smallest absolute Gasteiger partial charge is 0.295 e. The van der Waals surface area contributed by atoms with Gasteiger partial charge in [-0.1, -0.05) is 11.2 Å². The molecule has 26 heavy (non-hydrogen) atoms. The summed E-state index contributed by atoms with van der Waals surface area (Å²) in [7, 11) is 3.12. The standard InChI is InChI=1S/C18H18N4O3S/c1-10-5-12(8-13(6-10)24-3)14-7-11(2)19-9-15(14)16(23)20-17-21-22-18(25-4)26-17/h5-9H,1-4H3,(H,20,21,23). The zero-order valence-electron chi connectivity index (χ0n) is 14.9. The lowest BCUT2D eigenvalue weighted by Gasteiger charge is -2.12. The molecule has 0 saturated heterocycles. The monoisotopic (exact) mass is 370 g/mol. The van der Waals surface area contributed by atoms with E-state index in [4.69, 9.17) is 9.47 Å². The minimum atomic E-state index is -0.313. The summed E-state index contributed by atoms with van der Waals surface area (Å²) in [4.78, 5) is 17.0. The van der Waals surface area contributed by atoms with Crippen LogP contribution in [0.15, 0.2) is 30.5 Å². The van der Waals surface area contributed by atoms with Gasteiger partial charge in [-0.05, 0) is 60.1 Å². The lowest BCUT2D eigenvalue weighted by molar-refractivity contribution is 0.102. The van der Waals surface area contributed by atoms with Crippen molar-refractivity contribution in [2.45, 2.75) is 13.8 Å². The van der Waals surface area contributed by atoms with Gasteiger partial charge >= 0.3 is 0 Å². The molecular formula is C18H18N4O3S. The van der Waals surface area contributed by atoms with Crippen molar-refractivity contribution in [3.63, 3.8) is 0 Å². The predicted molar refractivity (Wildman–Crippen MR) is 100 cm³/mol. The van der Waals surface area contributed by atoms with Crippen LogP contribution in [0.2, 0.25) is 0 Å². The summed E-state index contributed by atoms with van der Waals surface area (Å²) in [5.74, 6) is 0.418. The van der Waals surface area contributed by atoms with Crippen LogP contribution in [-0.4, -0.2) is 35.3 Å². The van der Waals surface area contributed by atoms with Crippen molar-refractivity contribution in [2.24, 2.45) is 0 Å². The highest BCUT2D eigenvalue weighted by Crippen LogP contribution is 2.30. The number of hydrogen-bond donors (Lipinski definition) is 1. The molecule has 0 fully saturated rings. The summed E-state index contributed by atoms with van der Waals surface area (Å²) in [5.41, 5.74) is 3.95. The van der Waals surface area contributed by atoms with E-state index in [0.29, 0.717) is 15.9 Å². The Morgan fingerprint density at radius 3 is 2.58 bits per heavy atom. The summed E-state index contributed by atoms with van der Waals surface area (Å²) in [6.45, 7) is 3.86. The van der Waals surface area contributed by atoms with Crippen LogP contribution in [-0.2, 0) is 0 Å². The van der Waals surface area contributed by atoms with E-state index in [1.807, 2.05) is 38.1 Å². The number of aryl methyl sites for hydroxylation is 2. The Labute approximate surface area is 155 Å². The first kappa shape index (κ1) is 17.8. The summed E-state index contributed by atoms with van der Waals surface area (Å²) in [6, 6.07) is 7.71. The maximum atomic E-state index is 12.8. The SMILES string of the molecule is COc1cc(C)cc(-c2cc(C)ncc2C(=O)Nc2nnc(OC)s2)c1. The number of pyridine rings is 1. The third-order valence-electron chi connectivity index (χ3n) is 3.68. The van der Waals surface area contributed by atoms with Gasteiger partial charge in [0.2, 0.25) is 5.13 Å². The molecule has 3 rings (SSSR count). The van der Waals surface area contributed by atoms with Gasteiger partial charge in [0, 0.05) is 11.9 Å². The molecule has 1 aromatic carbocycles. The third-order valence-corrected chi connectivity index (χ3v) is 4.48. The van der Waals surface area contributed by atoms with E-state index in [2.05, 4.69) is 20.5 Å². The number of ether oxygens (including phenoxy) is 2. The van der Waals surface area contributed by atoms with Gasteiger partial charge in [0.15, 0.2) is 0 Å². The van der Waals surface area contributed by atoms with Crippen LogP contribution in [0.25, 0.3) is 11.1 Å². The van der Waals surface area contributed by atoms with E-state index < -0.39 is 0 Å². The number of nitrogens with zero attached hydrogens (tertiary/aromatic N) is 3. The van der Waals surface area contributed by atoms with Crippen LogP contribution >= 0.6 is 11.3 Å². The maximum Gasteiger partial charge on any atom is 0.295 e. The highest BCUT2D eigenvalue weighted by atomic mass is 32.1. The second-order valence-corrected chi connectivity index (χ2v) is 6.58. The number of carbonyl (C=O) groups is 1. The van der Waals surface area contributed by atoms with Crippen LogP contribution in [0, 0.1) is 13.8 Å². The summed E-state index contributed by atoms with van der Waals surface area (Å²) in [6.07, 6.45) is 1.56. The molecule has 134 valence electrons. The number of aromatic nitrogens is 3. The number of carbonyl (C=O) groups excluding carboxylic acids is 1. The number of benzene rings is 1. The van der Waals surface area contributed by atoms with Crippen LogP contribution in [0.1, 0.15) is 21.6 Å². The van der Waals surface area contributed by atoms with Crippen molar-refractivity contribution >= 4 is 22.4 Å². The number of methoxy groups -OCH3 is 2. The highest BCUT2D eigenvalue weighted by Gasteiger charge is 2.17. The summed E-state index contributed by atoms with van der Waals surface area (Å²) in [5, 5.41) is 11.2. The molecule has 1 N–H and O–H groups in total. The molecular weight excluding hydrogens is 352 g/mol. The van der Waals surface area contributed by atoms with E-state index in [9.17, 15) is 4.79 Å². The minimum absolute atomic E-state index is 0.313. The van der Waals surface area contributed by atoms with Crippen molar-refractivity contribution in [3.05, 3.63) is 47.3 Å². The molecule has 0 bridgehead atoms. The van der Waals surface area contributed by atoms with E-state index in [1.54, 1.807) is 13.3 Å². The topological polar surface area (TPSA) is 86.2 Å². The molecule has 7 nitrogen and oxygen atoms in total. The van der Waals surface area contributed by atoms with Gasteiger partial charge in [-0.25, -0.2) is 0 Å². The first-order valence-corrected chi connectivity index (χ1v) is 8.63. The molecule has 0 radical (unpaired) electrons. The fraction of sp³-hybridized carbons (Fsp3) is 0.222. The van der Waals surface area contributed by atoms with Crippen LogP contribution in [0.4, 0.5) is 5.13 Å². The zero-order chi connectivity index (χ0) is 18.7. The fourth-order valence-corrected chi connectivity index (χ4v) is 3.06. The second kappa shape index (κ2) is 7.49. The normalized spacial score (nSPS) is 10.5. The summed E-state index contributed by atoms with van der Waals surface area (Å²) < 4.78 is 10.3. The Morgan fingerprint density at radius 1 is 1.08 bits per heavy atom. The molecule has 8 heteroatoms. The van der Waals surface area contributed by atoms with Gasteiger partial charge in [-0.15, -0.1) is 5.10 Å². The van der Waals surface area contributed by atoms with Crippen molar-refractivity contribution in [1.82, 2.24) is 15.2 Å².